The van der Waals surface area contributed by atoms with Gasteiger partial charge in [0.05, 0.1) is 16.8 Å². The second kappa shape index (κ2) is 5.52. The van der Waals surface area contributed by atoms with Crippen molar-refractivity contribution in [1.82, 2.24) is 0 Å². The monoisotopic (exact) mass is 280 g/mol. The molecule has 0 aliphatic heterocycles. The van der Waals surface area contributed by atoms with Crippen molar-refractivity contribution < 1.29 is 13.2 Å². The summed E-state index contributed by atoms with van der Waals surface area (Å²) in [5, 5.41) is 8.70. The number of anilines is 1. The topological polar surface area (TPSA) is 49.8 Å². The van der Waals surface area contributed by atoms with Crippen LogP contribution in [0.1, 0.15) is 0 Å². The SMILES string of the molecule is N#CC(CSc1ccc(N)c(Cl)c1)C(F)(F)F. The first kappa shape index (κ1) is 14.0. The van der Waals surface area contributed by atoms with E-state index in [1.165, 1.54) is 18.2 Å². The first-order chi connectivity index (χ1) is 7.84. The lowest BCUT2D eigenvalue weighted by atomic mass is 10.2. The number of halogens is 4. The van der Waals surface area contributed by atoms with Crippen molar-refractivity contribution in [3.63, 3.8) is 0 Å². The predicted molar refractivity (Wildman–Crippen MR) is 61.7 cm³/mol. The molecule has 92 valence electrons. The van der Waals surface area contributed by atoms with Crippen LogP contribution >= 0.6 is 23.4 Å². The van der Waals surface area contributed by atoms with E-state index < -0.39 is 12.1 Å². The molecule has 17 heavy (non-hydrogen) atoms. The lowest BCUT2D eigenvalue weighted by Crippen LogP contribution is -2.23. The quantitative estimate of drug-likeness (QED) is 0.678. The molecule has 2 N–H and O–H groups in total. The molecule has 0 saturated heterocycles. The molecule has 0 heterocycles. The van der Waals surface area contributed by atoms with E-state index in [-0.39, 0.29) is 10.8 Å². The highest BCUT2D eigenvalue weighted by atomic mass is 35.5. The summed E-state index contributed by atoms with van der Waals surface area (Å²) >= 11 is 6.65. The average Bonchev–Trinajstić information content (AvgIpc) is 2.22. The number of rotatable bonds is 3. The molecule has 0 aromatic heterocycles. The summed E-state index contributed by atoms with van der Waals surface area (Å²) in [5.74, 6) is -2.34. The number of nitrogens with two attached hydrogens (primary N) is 1. The first-order valence-corrected chi connectivity index (χ1v) is 5.85. The highest BCUT2D eigenvalue weighted by molar-refractivity contribution is 7.99. The zero-order chi connectivity index (χ0) is 13.1. The van der Waals surface area contributed by atoms with Crippen LogP contribution in [0, 0.1) is 17.2 Å². The van der Waals surface area contributed by atoms with E-state index in [0.29, 0.717) is 10.6 Å². The van der Waals surface area contributed by atoms with Gasteiger partial charge in [0.15, 0.2) is 5.92 Å². The minimum absolute atomic E-state index is 0.288. The average molecular weight is 281 g/mol. The molecule has 1 atom stereocenters. The number of alkyl halides is 3. The molecule has 0 bridgehead atoms. The van der Waals surface area contributed by atoms with Gasteiger partial charge in [-0.05, 0) is 18.2 Å². The van der Waals surface area contributed by atoms with Crippen LogP contribution in [-0.2, 0) is 0 Å². The van der Waals surface area contributed by atoms with Crippen LogP contribution in [0.5, 0.6) is 0 Å². The Hall–Kier alpha value is -1.06. The molecule has 0 radical (unpaired) electrons. The van der Waals surface area contributed by atoms with Crippen molar-refractivity contribution in [2.75, 3.05) is 11.5 Å². The molecular formula is C10H8ClF3N2S. The molecule has 0 spiro atoms. The lowest BCUT2D eigenvalue weighted by molar-refractivity contribution is -0.152. The summed E-state index contributed by atoms with van der Waals surface area (Å²) in [4.78, 5) is 0.550. The summed E-state index contributed by atoms with van der Waals surface area (Å²) in [7, 11) is 0. The first-order valence-electron chi connectivity index (χ1n) is 4.48. The van der Waals surface area contributed by atoms with E-state index in [1.54, 1.807) is 6.07 Å². The van der Waals surface area contributed by atoms with E-state index in [2.05, 4.69) is 0 Å². The summed E-state index contributed by atoms with van der Waals surface area (Å²) in [6, 6.07) is 5.79. The molecule has 0 fully saturated rings. The van der Waals surface area contributed by atoms with Gasteiger partial charge in [-0.1, -0.05) is 11.6 Å². The summed E-state index contributed by atoms with van der Waals surface area (Å²) < 4.78 is 36.9. The van der Waals surface area contributed by atoms with Crippen LogP contribution in [0.3, 0.4) is 0 Å². The highest BCUT2D eigenvalue weighted by Gasteiger charge is 2.39. The molecule has 1 unspecified atom stereocenters. The summed E-state index contributed by atoms with van der Waals surface area (Å²) in [6.07, 6.45) is -4.50. The van der Waals surface area contributed by atoms with E-state index in [4.69, 9.17) is 22.6 Å². The third-order valence-corrected chi connectivity index (χ3v) is 3.35. The molecular weight excluding hydrogens is 273 g/mol. The Balaban J connectivity index is 2.67. The van der Waals surface area contributed by atoms with Gasteiger partial charge in [0.1, 0.15) is 0 Å². The molecule has 1 aromatic rings. The molecule has 1 rings (SSSR count). The molecule has 7 heteroatoms. The minimum atomic E-state index is -4.50. The second-order valence-electron chi connectivity index (χ2n) is 3.22. The smallest absolute Gasteiger partial charge is 0.398 e. The van der Waals surface area contributed by atoms with Gasteiger partial charge < -0.3 is 5.73 Å². The molecule has 0 aliphatic rings. The van der Waals surface area contributed by atoms with Gasteiger partial charge in [0, 0.05) is 10.6 Å². The van der Waals surface area contributed by atoms with Crippen LogP contribution in [0.2, 0.25) is 5.02 Å². The Morgan fingerprint density at radius 1 is 1.47 bits per heavy atom. The molecule has 2 nitrogen and oxygen atoms in total. The Morgan fingerprint density at radius 2 is 2.12 bits per heavy atom. The largest absolute Gasteiger partial charge is 0.405 e. The van der Waals surface area contributed by atoms with Crippen molar-refractivity contribution >= 4 is 29.1 Å². The number of thioether (sulfide) groups is 1. The Kier molecular flexibility index (Phi) is 4.54. The maximum absolute atomic E-state index is 12.3. The van der Waals surface area contributed by atoms with Crippen molar-refractivity contribution in [2.45, 2.75) is 11.1 Å². The van der Waals surface area contributed by atoms with Crippen LogP contribution in [-0.4, -0.2) is 11.9 Å². The Labute approximate surface area is 106 Å². The zero-order valence-corrected chi connectivity index (χ0v) is 10.0. The van der Waals surface area contributed by atoms with Gasteiger partial charge in [0.25, 0.3) is 0 Å². The van der Waals surface area contributed by atoms with Gasteiger partial charge in [-0.15, -0.1) is 11.8 Å². The molecule has 0 saturated carbocycles. The maximum Gasteiger partial charge on any atom is 0.405 e. The number of nitrogen functional groups attached to an aromatic ring is 1. The summed E-state index contributed by atoms with van der Waals surface area (Å²) in [6.45, 7) is 0. The third-order valence-electron chi connectivity index (χ3n) is 1.94. The van der Waals surface area contributed by atoms with Crippen molar-refractivity contribution in [3.8, 4) is 6.07 Å². The Morgan fingerprint density at radius 3 is 2.59 bits per heavy atom. The van der Waals surface area contributed by atoms with Crippen LogP contribution in [0.25, 0.3) is 0 Å². The maximum atomic E-state index is 12.3. The zero-order valence-electron chi connectivity index (χ0n) is 8.46. The third kappa shape index (κ3) is 4.02. The summed E-state index contributed by atoms with van der Waals surface area (Å²) in [5.41, 5.74) is 5.83. The standard InChI is InChI=1S/C10H8ClF3N2S/c11-8-3-7(1-2-9(8)16)17-5-6(4-15)10(12,13)14/h1-3,6H,5,16H2. The van der Waals surface area contributed by atoms with Gasteiger partial charge >= 0.3 is 6.18 Å². The number of nitrogens with zero attached hydrogens (tertiary/aromatic N) is 1. The normalized spacial score (nSPS) is 13.1. The number of hydrogen-bond donors (Lipinski definition) is 1. The van der Waals surface area contributed by atoms with E-state index >= 15 is 0 Å². The van der Waals surface area contributed by atoms with Gasteiger partial charge in [0.2, 0.25) is 0 Å². The van der Waals surface area contributed by atoms with Crippen molar-refractivity contribution in [2.24, 2.45) is 5.92 Å². The van der Waals surface area contributed by atoms with Gasteiger partial charge in [-0.3, -0.25) is 0 Å². The van der Waals surface area contributed by atoms with Crippen LogP contribution in [0.4, 0.5) is 18.9 Å². The molecule has 1 aromatic carbocycles. The van der Waals surface area contributed by atoms with E-state index in [0.717, 1.165) is 11.8 Å². The highest BCUT2D eigenvalue weighted by Crippen LogP contribution is 2.33. The molecule has 0 amide bonds. The molecule has 0 aliphatic carbocycles. The fraction of sp³-hybridized carbons (Fsp3) is 0.300. The number of benzene rings is 1. The lowest BCUT2D eigenvalue weighted by Gasteiger charge is -2.12. The number of hydrogen-bond acceptors (Lipinski definition) is 3. The number of nitriles is 1. The van der Waals surface area contributed by atoms with Crippen molar-refractivity contribution in [1.29, 1.82) is 5.26 Å². The second-order valence-corrected chi connectivity index (χ2v) is 4.72. The van der Waals surface area contributed by atoms with Crippen molar-refractivity contribution in [3.05, 3.63) is 23.2 Å². The minimum Gasteiger partial charge on any atom is -0.398 e. The predicted octanol–water partition coefficient (Wildman–Crippen LogP) is 3.72. The van der Waals surface area contributed by atoms with Crippen LogP contribution < -0.4 is 5.73 Å². The van der Waals surface area contributed by atoms with Gasteiger partial charge in [-0.2, -0.15) is 18.4 Å². The fourth-order valence-electron chi connectivity index (χ4n) is 0.982. The van der Waals surface area contributed by atoms with Gasteiger partial charge in [-0.25, -0.2) is 0 Å². The van der Waals surface area contributed by atoms with E-state index in [1.807, 2.05) is 0 Å². The van der Waals surface area contributed by atoms with E-state index in [9.17, 15) is 13.2 Å². The fourth-order valence-corrected chi connectivity index (χ4v) is 2.22. The van der Waals surface area contributed by atoms with Crippen LogP contribution in [0.15, 0.2) is 23.1 Å². The Bertz CT molecular complexity index is 442.